The van der Waals surface area contributed by atoms with Crippen LogP contribution in [0.4, 0.5) is 0 Å². The van der Waals surface area contributed by atoms with Crippen LogP contribution >= 0.6 is 0 Å². The van der Waals surface area contributed by atoms with Crippen molar-refractivity contribution in [1.82, 2.24) is 5.32 Å². The van der Waals surface area contributed by atoms with Crippen LogP contribution in [-0.4, -0.2) is 19.8 Å². The highest BCUT2D eigenvalue weighted by molar-refractivity contribution is 5.37. The Balaban J connectivity index is 1.95. The Morgan fingerprint density at radius 3 is 2.42 bits per heavy atom. The quantitative estimate of drug-likeness (QED) is 0.892. The van der Waals surface area contributed by atoms with Crippen LogP contribution in [0.2, 0.25) is 0 Å². The second kappa shape index (κ2) is 6.53. The van der Waals surface area contributed by atoms with Gasteiger partial charge in [0.15, 0.2) is 0 Å². The van der Waals surface area contributed by atoms with Gasteiger partial charge in [-0.25, -0.2) is 0 Å². The minimum atomic E-state index is 0.433. The van der Waals surface area contributed by atoms with E-state index in [1.165, 1.54) is 35.1 Å². The van der Waals surface area contributed by atoms with E-state index in [0.717, 1.165) is 25.7 Å². The molecule has 1 aromatic carbocycles. The summed E-state index contributed by atoms with van der Waals surface area (Å²) < 4.78 is 5.41. The number of rotatable bonds is 4. The fourth-order valence-corrected chi connectivity index (χ4v) is 2.85. The van der Waals surface area contributed by atoms with Crippen molar-refractivity contribution >= 4 is 0 Å². The first-order valence-electron chi connectivity index (χ1n) is 7.47. The molecule has 0 spiro atoms. The third kappa shape index (κ3) is 3.80. The third-order valence-electron chi connectivity index (χ3n) is 4.40. The van der Waals surface area contributed by atoms with Crippen LogP contribution in [0.25, 0.3) is 0 Å². The predicted molar refractivity (Wildman–Crippen MR) is 80.6 cm³/mol. The predicted octanol–water partition coefficient (Wildman–Crippen LogP) is 3.69. The Morgan fingerprint density at radius 2 is 1.74 bits per heavy atom. The Labute approximate surface area is 117 Å². The molecular weight excluding hydrogens is 234 g/mol. The largest absolute Gasteiger partial charge is 0.381 e. The topological polar surface area (TPSA) is 21.3 Å². The van der Waals surface area contributed by atoms with E-state index in [0.29, 0.717) is 6.04 Å². The fraction of sp³-hybridized carbons (Fsp3) is 0.647. The average molecular weight is 261 g/mol. The van der Waals surface area contributed by atoms with Crippen molar-refractivity contribution < 1.29 is 4.74 Å². The lowest BCUT2D eigenvalue weighted by molar-refractivity contribution is 0.0656. The van der Waals surface area contributed by atoms with E-state index in [2.05, 4.69) is 45.1 Å². The highest BCUT2D eigenvalue weighted by Crippen LogP contribution is 2.22. The molecule has 0 saturated carbocycles. The molecule has 0 bridgehead atoms. The first-order valence-corrected chi connectivity index (χ1v) is 7.47. The maximum Gasteiger partial charge on any atom is 0.0469 e. The summed E-state index contributed by atoms with van der Waals surface area (Å²) in [5, 5.41) is 3.70. The summed E-state index contributed by atoms with van der Waals surface area (Å²) in [5.41, 5.74) is 5.61. The van der Waals surface area contributed by atoms with Crippen LogP contribution in [0.15, 0.2) is 12.1 Å². The lowest BCUT2D eigenvalue weighted by Gasteiger charge is -2.25. The van der Waals surface area contributed by atoms with Crippen LogP contribution in [0.3, 0.4) is 0 Å². The molecule has 1 atom stereocenters. The molecular formula is C17H27NO. The normalized spacial score (nSPS) is 18.5. The van der Waals surface area contributed by atoms with Crippen LogP contribution in [0.1, 0.15) is 48.1 Å². The van der Waals surface area contributed by atoms with Gasteiger partial charge in [-0.15, -0.1) is 0 Å². The summed E-state index contributed by atoms with van der Waals surface area (Å²) in [5.74, 6) is 0.781. The van der Waals surface area contributed by atoms with Gasteiger partial charge in [-0.2, -0.15) is 0 Å². The van der Waals surface area contributed by atoms with Crippen molar-refractivity contribution in [2.75, 3.05) is 19.8 Å². The smallest absolute Gasteiger partial charge is 0.0469 e. The molecule has 1 aromatic rings. The molecule has 19 heavy (non-hydrogen) atoms. The second-order valence-corrected chi connectivity index (χ2v) is 5.98. The number of hydrogen-bond donors (Lipinski definition) is 1. The van der Waals surface area contributed by atoms with Gasteiger partial charge in [0.2, 0.25) is 0 Å². The summed E-state index contributed by atoms with van der Waals surface area (Å²) in [6.07, 6.45) is 2.40. The molecule has 106 valence electrons. The summed E-state index contributed by atoms with van der Waals surface area (Å²) >= 11 is 0. The maximum absolute atomic E-state index is 5.41. The van der Waals surface area contributed by atoms with Crippen LogP contribution in [0, 0.1) is 26.7 Å². The molecule has 1 fully saturated rings. The number of aryl methyl sites for hydroxylation is 3. The Morgan fingerprint density at radius 1 is 1.11 bits per heavy atom. The van der Waals surface area contributed by atoms with E-state index in [4.69, 9.17) is 4.74 Å². The van der Waals surface area contributed by atoms with E-state index in [1.54, 1.807) is 0 Å². The summed E-state index contributed by atoms with van der Waals surface area (Å²) in [7, 11) is 0. The number of nitrogens with one attached hydrogen (secondary N) is 1. The molecule has 2 rings (SSSR count). The minimum Gasteiger partial charge on any atom is -0.381 e. The number of benzene rings is 1. The van der Waals surface area contributed by atoms with Crippen molar-refractivity contribution in [1.29, 1.82) is 0 Å². The van der Waals surface area contributed by atoms with Gasteiger partial charge >= 0.3 is 0 Å². The summed E-state index contributed by atoms with van der Waals surface area (Å²) in [6.45, 7) is 11.9. The molecule has 1 aliphatic heterocycles. The van der Waals surface area contributed by atoms with Gasteiger partial charge in [-0.1, -0.05) is 12.1 Å². The van der Waals surface area contributed by atoms with Crippen LogP contribution in [-0.2, 0) is 4.74 Å². The van der Waals surface area contributed by atoms with Crippen molar-refractivity contribution in [3.05, 3.63) is 34.4 Å². The molecule has 1 saturated heterocycles. The van der Waals surface area contributed by atoms with Crippen molar-refractivity contribution in [3.8, 4) is 0 Å². The van der Waals surface area contributed by atoms with Crippen molar-refractivity contribution in [2.45, 2.75) is 46.6 Å². The number of ether oxygens (including phenoxy) is 1. The van der Waals surface area contributed by atoms with Crippen molar-refractivity contribution in [2.24, 2.45) is 5.92 Å². The van der Waals surface area contributed by atoms with Gasteiger partial charge in [-0.3, -0.25) is 0 Å². The minimum absolute atomic E-state index is 0.433. The SMILES string of the molecule is Cc1cc(C)c(C(C)NCC2CCOCC2)cc1C. The molecule has 0 aromatic heterocycles. The van der Waals surface area contributed by atoms with Crippen LogP contribution < -0.4 is 5.32 Å². The molecule has 1 heterocycles. The Bertz CT molecular complexity index is 422. The highest BCUT2D eigenvalue weighted by atomic mass is 16.5. The molecule has 1 aliphatic rings. The standard InChI is InChI=1S/C17H27NO/c1-12-9-14(3)17(10-13(12)2)15(4)18-11-16-5-7-19-8-6-16/h9-10,15-16,18H,5-8,11H2,1-4H3. The van der Waals surface area contributed by atoms with Crippen LogP contribution in [0.5, 0.6) is 0 Å². The van der Waals surface area contributed by atoms with E-state index >= 15 is 0 Å². The Kier molecular flexibility index (Phi) is 5.00. The van der Waals surface area contributed by atoms with Gasteiger partial charge in [0.25, 0.3) is 0 Å². The first-order chi connectivity index (χ1) is 9.08. The number of hydrogen-bond acceptors (Lipinski definition) is 2. The molecule has 0 radical (unpaired) electrons. The Hall–Kier alpha value is -0.860. The first kappa shape index (κ1) is 14.5. The molecule has 0 aliphatic carbocycles. The maximum atomic E-state index is 5.41. The zero-order valence-electron chi connectivity index (χ0n) is 12.8. The lowest BCUT2D eigenvalue weighted by atomic mass is 9.95. The van der Waals surface area contributed by atoms with E-state index < -0.39 is 0 Å². The highest BCUT2D eigenvalue weighted by Gasteiger charge is 2.16. The third-order valence-corrected chi connectivity index (χ3v) is 4.40. The molecule has 0 amide bonds. The average Bonchev–Trinajstić information content (AvgIpc) is 2.41. The molecule has 2 heteroatoms. The fourth-order valence-electron chi connectivity index (χ4n) is 2.85. The van der Waals surface area contributed by atoms with Gasteiger partial charge in [0, 0.05) is 19.3 Å². The lowest BCUT2D eigenvalue weighted by Crippen LogP contribution is -2.29. The van der Waals surface area contributed by atoms with E-state index in [-0.39, 0.29) is 0 Å². The zero-order chi connectivity index (χ0) is 13.8. The summed E-state index contributed by atoms with van der Waals surface area (Å²) in [4.78, 5) is 0. The van der Waals surface area contributed by atoms with Gasteiger partial charge in [0.05, 0.1) is 0 Å². The van der Waals surface area contributed by atoms with Crippen molar-refractivity contribution in [3.63, 3.8) is 0 Å². The zero-order valence-corrected chi connectivity index (χ0v) is 12.8. The second-order valence-electron chi connectivity index (χ2n) is 5.98. The van der Waals surface area contributed by atoms with Gasteiger partial charge in [0.1, 0.15) is 0 Å². The van der Waals surface area contributed by atoms with E-state index in [1.807, 2.05) is 0 Å². The molecule has 2 nitrogen and oxygen atoms in total. The summed E-state index contributed by atoms with van der Waals surface area (Å²) in [6, 6.07) is 5.08. The van der Waals surface area contributed by atoms with Gasteiger partial charge < -0.3 is 10.1 Å². The van der Waals surface area contributed by atoms with Gasteiger partial charge in [-0.05, 0) is 75.3 Å². The van der Waals surface area contributed by atoms with E-state index in [9.17, 15) is 0 Å². The molecule has 1 N–H and O–H groups in total. The monoisotopic (exact) mass is 261 g/mol. The molecule has 1 unspecified atom stereocenters.